The van der Waals surface area contributed by atoms with E-state index in [0.29, 0.717) is 5.56 Å². The van der Waals surface area contributed by atoms with Gasteiger partial charge < -0.3 is 9.80 Å². The fourth-order valence-electron chi connectivity index (χ4n) is 3.37. The molecule has 1 aromatic heterocycles. The molecule has 2 aromatic carbocycles. The molecule has 0 atom stereocenters. The van der Waals surface area contributed by atoms with Crippen molar-refractivity contribution in [2.24, 2.45) is 0 Å². The van der Waals surface area contributed by atoms with Gasteiger partial charge in [0.25, 0.3) is 5.91 Å². The molecule has 3 aromatic rings. The second-order valence-corrected chi connectivity index (χ2v) is 6.60. The summed E-state index contributed by atoms with van der Waals surface area (Å²) >= 11 is 0. The second-order valence-electron chi connectivity index (χ2n) is 6.60. The highest BCUT2D eigenvalue weighted by atomic mass is 16.2. The van der Waals surface area contributed by atoms with Crippen LogP contribution in [-0.4, -0.2) is 52.4 Å². The van der Waals surface area contributed by atoms with Crippen LogP contribution >= 0.6 is 0 Å². The molecule has 1 aliphatic heterocycles. The summed E-state index contributed by atoms with van der Waals surface area (Å²) in [6, 6.07) is 12.0. The van der Waals surface area contributed by atoms with E-state index in [1.807, 2.05) is 17.0 Å². The number of rotatable bonds is 2. The van der Waals surface area contributed by atoms with Crippen molar-refractivity contribution in [3.63, 3.8) is 0 Å². The van der Waals surface area contributed by atoms with Gasteiger partial charge in [-0.15, -0.1) is 0 Å². The first-order valence-corrected chi connectivity index (χ1v) is 8.54. The molecule has 0 aliphatic carbocycles. The molecule has 1 amide bonds. The Bertz CT molecular complexity index is 924. The number of carbonyl (C=O) groups is 1. The van der Waals surface area contributed by atoms with Crippen LogP contribution in [0.3, 0.4) is 0 Å². The number of carbonyl (C=O) groups excluding carboxylic acids is 1. The monoisotopic (exact) mass is 335 g/mol. The number of fused-ring (bicyclic) bond motifs is 1. The second kappa shape index (κ2) is 6.20. The number of amides is 1. The summed E-state index contributed by atoms with van der Waals surface area (Å²) in [5, 5.41) is 10.7. The zero-order valence-electron chi connectivity index (χ0n) is 14.5. The number of aryl methyl sites for hydroxylation is 2. The molecule has 128 valence electrons. The Morgan fingerprint density at radius 2 is 1.72 bits per heavy atom. The number of benzene rings is 2. The van der Waals surface area contributed by atoms with Crippen LogP contribution < -0.4 is 4.90 Å². The molecule has 0 radical (unpaired) electrons. The summed E-state index contributed by atoms with van der Waals surface area (Å²) in [5.41, 5.74) is 5.98. The zero-order valence-corrected chi connectivity index (χ0v) is 14.5. The third-order valence-electron chi connectivity index (χ3n) is 4.84. The van der Waals surface area contributed by atoms with E-state index in [-0.39, 0.29) is 5.91 Å². The van der Waals surface area contributed by atoms with Gasteiger partial charge in [0.1, 0.15) is 11.0 Å². The maximum absolute atomic E-state index is 12.8. The first-order chi connectivity index (χ1) is 12.1. The minimum absolute atomic E-state index is 0.0607. The van der Waals surface area contributed by atoms with Gasteiger partial charge in [-0.25, -0.2) is 0 Å². The topological polar surface area (TPSA) is 65.1 Å². The molecule has 1 fully saturated rings. The van der Waals surface area contributed by atoms with Crippen LogP contribution in [0.25, 0.3) is 11.0 Å². The minimum Gasteiger partial charge on any atom is -0.368 e. The third-order valence-corrected chi connectivity index (χ3v) is 4.84. The predicted molar refractivity (Wildman–Crippen MR) is 97.9 cm³/mol. The van der Waals surface area contributed by atoms with Gasteiger partial charge >= 0.3 is 0 Å². The lowest BCUT2D eigenvalue weighted by Crippen LogP contribution is -2.49. The molecule has 4 rings (SSSR count). The van der Waals surface area contributed by atoms with Gasteiger partial charge in [-0.1, -0.05) is 12.1 Å². The van der Waals surface area contributed by atoms with E-state index < -0.39 is 0 Å². The summed E-state index contributed by atoms with van der Waals surface area (Å²) in [5.74, 6) is 0.0607. The highest BCUT2D eigenvalue weighted by Gasteiger charge is 2.23. The Kier molecular flexibility index (Phi) is 3.87. The SMILES string of the molecule is Cc1ccc(C)c(N2CCN(C(=O)c3ccc4n[nH]nc4c3)CC2)c1. The molecule has 2 heterocycles. The Balaban J connectivity index is 1.47. The van der Waals surface area contributed by atoms with Crippen molar-refractivity contribution in [1.29, 1.82) is 0 Å². The maximum atomic E-state index is 12.8. The number of hydrogen-bond donors (Lipinski definition) is 1. The summed E-state index contributed by atoms with van der Waals surface area (Å²) in [6.45, 7) is 7.40. The first-order valence-electron chi connectivity index (χ1n) is 8.54. The molecule has 0 bridgehead atoms. The number of hydrogen-bond acceptors (Lipinski definition) is 4. The molecule has 6 heteroatoms. The fraction of sp³-hybridized carbons (Fsp3) is 0.316. The molecule has 1 saturated heterocycles. The van der Waals surface area contributed by atoms with E-state index in [2.05, 4.69) is 52.4 Å². The lowest BCUT2D eigenvalue weighted by atomic mass is 10.1. The van der Waals surface area contributed by atoms with Crippen molar-refractivity contribution >= 4 is 22.6 Å². The number of anilines is 1. The smallest absolute Gasteiger partial charge is 0.254 e. The number of nitrogens with zero attached hydrogens (tertiary/aromatic N) is 4. The first kappa shape index (κ1) is 15.6. The van der Waals surface area contributed by atoms with Gasteiger partial charge in [-0.3, -0.25) is 4.79 Å². The number of H-pyrrole nitrogens is 1. The summed E-state index contributed by atoms with van der Waals surface area (Å²) in [7, 11) is 0. The zero-order chi connectivity index (χ0) is 17.4. The molecule has 0 unspecified atom stereocenters. The van der Waals surface area contributed by atoms with Crippen LogP contribution in [0.1, 0.15) is 21.5 Å². The molecule has 25 heavy (non-hydrogen) atoms. The van der Waals surface area contributed by atoms with Gasteiger partial charge in [0.2, 0.25) is 0 Å². The van der Waals surface area contributed by atoms with Gasteiger partial charge in [-0.2, -0.15) is 15.4 Å². The van der Waals surface area contributed by atoms with Crippen molar-refractivity contribution in [1.82, 2.24) is 20.3 Å². The van der Waals surface area contributed by atoms with Crippen LogP contribution in [-0.2, 0) is 0 Å². The van der Waals surface area contributed by atoms with E-state index in [9.17, 15) is 4.79 Å². The number of piperazine rings is 1. The summed E-state index contributed by atoms with van der Waals surface area (Å²) < 4.78 is 0. The Morgan fingerprint density at radius 1 is 0.960 bits per heavy atom. The van der Waals surface area contributed by atoms with Crippen molar-refractivity contribution in [2.45, 2.75) is 13.8 Å². The summed E-state index contributed by atoms with van der Waals surface area (Å²) in [6.07, 6.45) is 0. The highest BCUT2D eigenvalue weighted by Crippen LogP contribution is 2.23. The Hall–Kier alpha value is -2.89. The van der Waals surface area contributed by atoms with E-state index in [1.54, 1.807) is 6.07 Å². The van der Waals surface area contributed by atoms with E-state index in [4.69, 9.17) is 0 Å². The minimum atomic E-state index is 0.0607. The van der Waals surface area contributed by atoms with Crippen molar-refractivity contribution in [2.75, 3.05) is 31.1 Å². The Labute approximate surface area is 146 Å². The van der Waals surface area contributed by atoms with Gasteiger partial charge in [0, 0.05) is 37.4 Å². The lowest BCUT2D eigenvalue weighted by Gasteiger charge is -2.37. The molecule has 0 saturated carbocycles. The van der Waals surface area contributed by atoms with Crippen LogP contribution in [0.2, 0.25) is 0 Å². The average Bonchev–Trinajstić information content (AvgIpc) is 3.11. The fourth-order valence-corrected chi connectivity index (χ4v) is 3.37. The van der Waals surface area contributed by atoms with E-state index in [0.717, 1.165) is 37.2 Å². The molecule has 0 spiro atoms. The van der Waals surface area contributed by atoms with Gasteiger partial charge in [0.15, 0.2) is 0 Å². The molecular formula is C19H21N5O. The maximum Gasteiger partial charge on any atom is 0.254 e. The largest absolute Gasteiger partial charge is 0.368 e. The van der Waals surface area contributed by atoms with Crippen LogP contribution in [0, 0.1) is 13.8 Å². The Morgan fingerprint density at radius 3 is 2.52 bits per heavy atom. The molecule has 1 N–H and O–H groups in total. The average molecular weight is 335 g/mol. The van der Waals surface area contributed by atoms with Crippen molar-refractivity contribution < 1.29 is 4.79 Å². The number of aromatic nitrogens is 3. The van der Waals surface area contributed by atoms with E-state index >= 15 is 0 Å². The highest BCUT2D eigenvalue weighted by molar-refractivity contribution is 5.97. The predicted octanol–water partition coefficient (Wildman–Crippen LogP) is 2.54. The number of nitrogens with one attached hydrogen (secondary N) is 1. The standard InChI is InChI=1S/C19H21N5O/c1-13-3-4-14(2)18(11-13)23-7-9-24(10-8-23)19(25)15-5-6-16-17(12-15)21-22-20-16/h3-6,11-12H,7-10H2,1-2H3,(H,20,21,22). The van der Waals surface area contributed by atoms with Crippen LogP contribution in [0.15, 0.2) is 36.4 Å². The molecular weight excluding hydrogens is 314 g/mol. The van der Waals surface area contributed by atoms with E-state index in [1.165, 1.54) is 16.8 Å². The molecule has 6 nitrogen and oxygen atoms in total. The normalized spacial score (nSPS) is 15.0. The lowest BCUT2D eigenvalue weighted by molar-refractivity contribution is 0.0747. The van der Waals surface area contributed by atoms with Crippen molar-refractivity contribution in [3.8, 4) is 0 Å². The summed E-state index contributed by atoms with van der Waals surface area (Å²) in [4.78, 5) is 17.1. The van der Waals surface area contributed by atoms with Crippen molar-refractivity contribution in [3.05, 3.63) is 53.1 Å². The molecule has 1 aliphatic rings. The number of aromatic amines is 1. The van der Waals surface area contributed by atoms with Gasteiger partial charge in [0.05, 0.1) is 0 Å². The third kappa shape index (κ3) is 2.95. The van der Waals surface area contributed by atoms with Crippen LogP contribution in [0.4, 0.5) is 5.69 Å². The quantitative estimate of drug-likeness (QED) is 0.782. The van der Waals surface area contributed by atoms with Crippen LogP contribution in [0.5, 0.6) is 0 Å². The van der Waals surface area contributed by atoms with Gasteiger partial charge in [-0.05, 0) is 49.2 Å².